The quantitative estimate of drug-likeness (QED) is 0.819. The van der Waals surface area contributed by atoms with Crippen LogP contribution in [0.25, 0.3) is 0 Å². The van der Waals surface area contributed by atoms with Crippen molar-refractivity contribution in [2.75, 3.05) is 13.1 Å². The molecule has 5 heteroatoms. The largest absolute Gasteiger partial charge is 0.435 e. The molecule has 0 aliphatic carbocycles. The molecule has 1 saturated heterocycles. The fourth-order valence-corrected chi connectivity index (χ4v) is 2.03. The van der Waals surface area contributed by atoms with Crippen LogP contribution in [0.2, 0.25) is 0 Å². The summed E-state index contributed by atoms with van der Waals surface area (Å²) >= 11 is 0. The molecular weight excluding hydrogens is 214 g/mol. The van der Waals surface area contributed by atoms with Crippen molar-refractivity contribution in [2.45, 2.75) is 18.6 Å². The Balaban J connectivity index is 2.25. The normalized spacial score (nSPS) is 25.0. The van der Waals surface area contributed by atoms with E-state index in [2.05, 4.69) is 10.1 Å². The Morgan fingerprint density at radius 1 is 1.31 bits per heavy atom. The van der Waals surface area contributed by atoms with Crippen LogP contribution in [0.1, 0.15) is 11.5 Å². The molecule has 0 spiro atoms. The molecule has 3 nitrogen and oxygen atoms in total. The number of benzene rings is 1. The van der Waals surface area contributed by atoms with Crippen molar-refractivity contribution in [3.8, 4) is 5.75 Å². The van der Waals surface area contributed by atoms with Crippen LogP contribution in [0, 0.1) is 0 Å². The van der Waals surface area contributed by atoms with E-state index in [1.807, 2.05) is 0 Å². The molecule has 0 aromatic heterocycles. The zero-order chi connectivity index (χ0) is 11.5. The van der Waals surface area contributed by atoms with Crippen LogP contribution in [0.4, 0.5) is 8.78 Å². The van der Waals surface area contributed by atoms with Crippen molar-refractivity contribution >= 4 is 0 Å². The summed E-state index contributed by atoms with van der Waals surface area (Å²) in [5.74, 6) is 0.261. The van der Waals surface area contributed by atoms with E-state index >= 15 is 0 Å². The summed E-state index contributed by atoms with van der Waals surface area (Å²) in [6, 6.07) is 6.76. The molecule has 2 rings (SSSR count). The van der Waals surface area contributed by atoms with E-state index in [0.29, 0.717) is 13.1 Å². The topological polar surface area (TPSA) is 47.3 Å². The summed E-state index contributed by atoms with van der Waals surface area (Å²) in [6.07, 6.45) is 0. The highest BCUT2D eigenvalue weighted by Crippen LogP contribution is 2.30. The first-order valence-corrected chi connectivity index (χ1v) is 5.18. The van der Waals surface area contributed by atoms with Crippen molar-refractivity contribution in [2.24, 2.45) is 5.73 Å². The molecule has 2 atom stereocenters. The third kappa shape index (κ3) is 2.31. The van der Waals surface area contributed by atoms with Gasteiger partial charge in [0.15, 0.2) is 0 Å². The summed E-state index contributed by atoms with van der Waals surface area (Å²) in [5, 5.41) is 3.13. The van der Waals surface area contributed by atoms with Crippen molar-refractivity contribution in [3.05, 3.63) is 29.8 Å². The van der Waals surface area contributed by atoms with Gasteiger partial charge in [0.2, 0.25) is 0 Å². The van der Waals surface area contributed by atoms with Gasteiger partial charge in [0, 0.05) is 30.6 Å². The number of rotatable bonds is 3. The molecule has 0 amide bonds. The third-order valence-electron chi connectivity index (χ3n) is 2.80. The average molecular weight is 228 g/mol. The number of hydrogen-bond acceptors (Lipinski definition) is 3. The lowest BCUT2D eigenvalue weighted by atomic mass is 9.94. The van der Waals surface area contributed by atoms with E-state index in [-0.39, 0.29) is 17.7 Å². The van der Waals surface area contributed by atoms with Gasteiger partial charge in [0.05, 0.1) is 0 Å². The van der Waals surface area contributed by atoms with Gasteiger partial charge in [-0.15, -0.1) is 0 Å². The van der Waals surface area contributed by atoms with Crippen molar-refractivity contribution in [3.63, 3.8) is 0 Å². The molecule has 1 aromatic carbocycles. The van der Waals surface area contributed by atoms with E-state index in [1.165, 1.54) is 0 Å². The molecular formula is C11H14F2N2O. The summed E-state index contributed by atoms with van der Waals surface area (Å²) in [7, 11) is 0. The second kappa shape index (κ2) is 4.76. The molecule has 1 fully saturated rings. The fourth-order valence-electron chi connectivity index (χ4n) is 2.03. The van der Waals surface area contributed by atoms with E-state index in [1.54, 1.807) is 24.3 Å². The molecule has 16 heavy (non-hydrogen) atoms. The van der Waals surface area contributed by atoms with Crippen LogP contribution in [0.15, 0.2) is 24.3 Å². The maximum Gasteiger partial charge on any atom is 0.387 e. The Kier molecular flexibility index (Phi) is 3.36. The first kappa shape index (κ1) is 11.3. The van der Waals surface area contributed by atoms with Gasteiger partial charge >= 0.3 is 6.61 Å². The van der Waals surface area contributed by atoms with Gasteiger partial charge in [0.25, 0.3) is 0 Å². The Morgan fingerprint density at radius 2 is 2.06 bits per heavy atom. The van der Waals surface area contributed by atoms with Crippen molar-refractivity contribution < 1.29 is 13.5 Å². The summed E-state index contributed by atoms with van der Waals surface area (Å²) in [4.78, 5) is 0. The maximum absolute atomic E-state index is 12.2. The molecule has 0 radical (unpaired) electrons. The predicted molar refractivity (Wildman–Crippen MR) is 56.7 cm³/mol. The van der Waals surface area contributed by atoms with Crippen LogP contribution in [0.3, 0.4) is 0 Å². The Labute approximate surface area is 92.6 Å². The lowest BCUT2D eigenvalue weighted by Gasteiger charge is -2.18. The minimum Gasteiger partial charge on any atom is -0.435 e. The molecule has 3 N–H and O–H groups in total. The maximum atomic E-state index is 12.2. The average Bonchev–Trinajstić information content (AvgIpc) is 2.64. The smallest absolute Gasteiger partial charge is 0.387 e. The fraction of sp³-hybridized carbons (Fsp3) is 0.455. The van der Waals surface area contributed by atoms with Gasteiger partial charge < -0.3 is 15.8 Å². The number of halogens is 2. The highest BCUT2D eigenvalue weighted by Gasteiger charge is 2.28. The van der Waals surface area contributed by atoms with Gasteiger partial charge in [-0.05, 0) is 6.07 Å². The SMILES string of the molecule is NC1CNCC1c1ccccc1OC(F)F. The van der Waals surface area contributed by atoms with Crippen LogP contribution in [-0.4, -0.2) is 25.7 Å². The van der Waals surface area contributed by atoms with E-state index in [4.69, 9.17) is 5.73 Å². The Hall–Kier alpha value is -1.20. The van der Waals surface area contributed by atoms with Crippen LogP contribution >= 0.6 is 0 Å². The second-order valence-corrected chi connectivity index (χ2v) is 3.84. The number of nitrogens with two attached hydrogens (primary N) is 1. The number of hydrogen-bond donors (Lipinski definition) is 2. The second-order valence-electron chi connectivity index (χ2n) is 3.84. The first-order chi connectivity index (χ1) is 7.68. The summed E-state index contributed by atoms with van der Waals surface area (Å²) < 4.78 is 28.9. The Morgan fingerprint density at radius 3 is 2.69 bits per heavy atom. The molecule has 1 aliphatic rings. The monoisotopic (exact) mass is 228 g/mol. The van der Waals surface area contributed by atoms with E-state index in [0.717, 1.165) is 5.56 Å². The number of alkyl halides is 2. The standard InChI is InChI=1S/C11H14F2N2O/c12-11(13)16-10-4-2-1-3-7(10)8-5-15-6-9(8)14/h1-4,8-9,11,15H,5-6,14H2. The number of para-hydroxylation sites is 1. The zero-order valence-corrected chi connectivity index (χ0v) is 8.70. The predicted octanol–water partition coefficient (Wildman–Crippen LogP) is 1.30. The van der Waals surface area contributed by atoms with E-state index in [9.17, 15) is 8.78 Å². The molecule has 1 aliphatic heterocycles. The molecule has 2 unspecified atom stereocenters. The number of ether oxygens (including phenoxy) is 1. The highest BCUT2D eigenvalue weighted by molar-refractivity contribution is 5.38. The molecule has 88 valence electrons. The molecule has 1 heterocycles. The van der Waals surface area contributed by atoms with Crippen LogP contribution in [-0.2, 0) is 0 Å². The van der Waals surface area contributed by atoms with Crippen LogP contribution in [0.5, 0.6) is 5.75 Å². The first-order valence-electron chi connectivity index (χ1n) is 5.18. The van der Waals surface area contributed by atoms with Gasteiger partial charge in [-0.25, -0.2) is 0 Å². The van der Waals surface area contributed by atoms with Crippen LogP contribution < -0.4 is 15.8 Å². The highest BCUT2D eigenvalue weighted by atomic mass is 19.3. The van der Waals surface area contributed by atoms with Gasteiger partial charge in [-0.1, -0.05) is 18.2 Å². The summed E-state index contributed by atoms with van der Waals surface area (Å²) in [5.41, 5.74) is 6.66. The number of nitrogens with one attached hydrogen (secondary N) is 1. The summed E-state index contributed by atoms with van der Waals surface area (Å²) in [6.45, 7) is -1.40. The third-order valence-corrected chi connectivity index (χ3v) is 2.80. The molecule has 1 aromatic rings. The van der Waals surface area contributed by atoms with E-state index < -0.39 is 6.61 Å². The van der Waals surface area contributed by atoms with Gasteiger partial charge in [-0.2, -0.15) is 8.78 Å². The minimum absolute atomic E-state index is 0.0370. The minimum atomic E-state index is -2.80. The van der Waals surface area contributed by atoms with Gasteiger partial charge in [0.1, 0.15) is 5.75 Å². The zero-order valence-electron chi connectivity index (χ0n) is 8.70. The lowest BCUT2D eigenvalue weighted by Crippen LogP contribution is -2.28. The lowest BCUT2D eigenvalue weighted by molar-refractivity contribution is -0.0506. The Bertz CT molecular complexity index is 360. The molecule has 0 bridgehead atoms. The van der Waals surface area contributed by atoms with Gasteiger partial charge in [-0.3, -0.25) is 0 Å². The van der Waals surface area contributed by atoms with Crippen molar-refractivity contribution in [1.82, 2.24) is 5.32 Å². The van der Waals surface area contributed by atoms with Crippen molar-refractivity contribution in [1.29, 1.82) is 0 Å². The molecule has 0 saturated carbocycles.